The van der Waals surface area contributed by atoms with Crippen molar-refractivity contribution in [3.8, 4) is 0 Å². The number of nitrogens with two attached hydrogens (primary N) is 1. The minimum absolute atomic E-state index is 0.230. The van der Waals surface area contributed by atoms with Crippen molar-refractivity contribution in [2.24, 2.45) is 5.73 Å². The van der Waals surface area contributed by atoms with Crippen molar-refractivity contribution >= 4 is 17.2 Å². The Bertz CT molecular complexity index is 537. The number of hydrogen-bond acceptors (Lipinski definition) is 5. The molecule has 0 aromatic carbocycles. The normalized spacial score (nSPS) is 24.4. The first-order valence-electron chi connectivity index (χ1n) is 7.25. The van der Waals surface area contributed by atoms with Gasteiger partial charge in [0, 0.05) is 19.1 Å². The summed E-state index contributed by atoms with van der Waals surface area (Å²) in [5, 5.41) is 11.4. The Balaban J connectivity index is 1.90. The molecule has 106 valence electrons. The van der Waals surface area contributed by atoms with Crippen LogP contribution in [0.25, 0.3) is 0 Å². The molecule has 5 nitrogen and oxygen atoms in total. The lowest BCUT2D eigenvalue weighted by molar-refractivity contribution is 0.503. The van der Waals surface area contributed by atoms with E-state index in [0.29, 0.717) is 5.71 Å². The third-order valence-electron chi connectivity index (χ3n) is 3.87. The highest BCUT2D eigenvalue weighted by Gasteiger charge is 2.20. The summed E-state index contributed by atoms with van der Waals surface area (Å²) in [6.07, 6.45) is 7.80. The van der Waals surface area contributed by atoms with Crippen LogP contribution in [0.3, 0.4) is 0 Å². The standard InChI is InChI=1S/C15H21N5/c16-11-4-3-9-20(10-11)14-7-6-13-15(19-14)12(17)5-1-2-8-18-13/h2,6-8,11,17-18H,1,3-5,9-10,16H2/b8-2-,17-12?/t11-/m0/s1. The third-order valence-corrected chi connectivity index (χ3v) is 3.87. The average Bonchev–Trinajstić information content (AvgIpc) is 2.44. The first-order valence-corrected chi connectivity index (χ1v) is 7.25. The SMILES string of the molecule is N=C1CC/C=C\Nc2ccc(N3CCC[C@H](N)C3)nc21. The molecule has 5 heteroatoms. The van der Waals surface area contributed by atoms with Crippen molar-refractivity contribution in [1.29, 1.82) is 5.41 Å². The zero-order valence-electron chi connectivity index (χ0n) is 11.6. The maximum atomic E-state index is 8.18. The van der Waals surface area contributed by atoms with E-state index in [1.807, 2.05) is 18.3 Å². The van der Waals surface area contributed by atoms with Crippen LogP contribution < -0.4 is 16.0 Å². The summed E-state index contributed by atoms with van der Waals surface area (Å²) < 4.78 is 0. The average molecular weight is 271 g/mol. The van der Waals surface area contributed by atoms with Crippen LogP contribution in [-0.2, 0) is 0 Å². The zero-order chi connectivity index (χ0) is 13.9. The molecular formula is C15H21N5. The van der Waals surface area contributed by atoms with E-state index in [2.05, 4.69) is 16.3 Å². The van der Waals surface area contributed by atoms with Crippen LogP contribution in [0.2, 0.25) is 0 Å². The van der Waals surface area contributed by atoms with E-state index in [-0.39, 0.29) is 6.04 Å². The fourth-order valence-corrected chi connectivity index (χ4v) is 2.77. The Morgan fingerprint density at radius 1 is 1.40 bits per heavy atom. The van der Waals surface area contributed by atoms with Gasteiger partial charge in [-0.05, 0) is 44.0 Å². The molecule has 2 aliphatic rings. The van der Waals surface area contributed by atoms with Gasteiger partial charge in [0.05, 0.1) is 11.4 Å². The molecule has 0 spiro atoms. The van der Waals surface area contributed by atoms with Gasteiger partial charge in [0.25, 0.3) is 0 Å². The lowest BCUT2D eigenvalue weighted by atomic mass is 10.1. The van der Waals surface area contributed by atoms with Gasteiger partial charge in [-0.1, -0.05) is 6.08 Å². The molecule has 1 aromatic rings. The van der Waals surface area contributed by atoms with Crippen LogP contribution in [0.5, 0.6) is 0 Å². The van der Waals surface area contributed by atoms with Crippen LogP contribution in [0, 0.1) is 5.41 Å². The summed E-state index contributed by atoms with van der Waals surface area (Å²) in [5.74, 6) is 0.940. The van der Waals surface area contributed by atoms with Gasteiger partial charge in [-0.25, -0.2) is 4.98 Å². The Morgan fingerprint density at radius 3 is 3.15 bits per heavy atom. The van der Waals surface area contributed by atoms with E-state index in [9.17, 15) is 0 Å². The maximum Gasteiger partial charge on any atom is 0.129 e. The lowest BCUT2D eigenvalue weighted by Crippen LogP contribution is -2.43. The number of aromatic nitrogens is 1. The molecule has 3 rings (SSSR count). The summed E-state index contributed by atoms with van der Waals surface area (Å²) in [7, 11) is 0. The van der Waals surface area contributed by atoms with Gasteiger partial charge in [-0.2, -0.15) is 0 Å². The molecule has 4 N–H and O–H groups in total. The molecule has 1 atom stereocenters. The van der Waals surface area contributed by atoms with E-state index in [1.165, 1.54) is 0 Å². The van der Waals surface area contributed by atoms with Gasteiger partial charge < -0.3 is 21.4 Å². The Morgan fingerprint density at radius 2 is 2.30 bits per heavy atom. The van der Waals surface area contributed by atoms with Gasteiger partial charge in [0.1, 0.15) is 11.5 Å². The number of rotatable bonds is 1. The van der Waals surface area contributed by atoms with Crippen LogP contribution in [0.15, 0.2) is 24.4 Å². The number of allylic oxidation sites excluding steroid dienone is 1. The van der Waals surface area contributed by atoms with Gasteiger partial charge in [0.2, 0.25) is 0 Å². The van der Waals surface area contributed by atoms with Crippen LogP contribution >= 0.6 is 0 Å². The van der Waals surface area contributed by atoms with E-state index >= 15 is 0 Å². The third kappa shape index (κ3) is 2.67. The summed E-state index contributed by atoms with van der Waals surface area (Å²) in [6.45, 7) is 1.85. The molecule has 3 heterocycles. The number of nitrogens with one attached hydrogen (secondary N) is 2. The minimum atomic E-state index is 0.230. The fraction of sp³-hybridized carbons (Fsp3) is 0.467. The molecule has 1 aromatic heterocycles. The molecule has 1 saturated heterocycles. The van der Waals surface area contributed by atoms with Crippen LogP contribution in [-0.4, -0.2) is 29.8 Å². The molecule has 0 radical (unpaired) electrons. The number of nitrogens with zero attached hydrogens (tertiary/aromatic N) is 2. The van der Waals surface area contributed by atoms with Crippen molar-refractivity contribution in [2.75, 3.05) is 23.3 Å². The van der Waals surface area contributed by atoms with E-state index in [4.69, 9.17) is 16.1 Å². The van der Waals surface area contributed by atoms with Gasteiger partial charge in [-0.3, -0.25) is 0 Å². The summed E-state index contributed by atoms with van der Waals surface area (Å²) in [6, 6.07) is 4.27. The topological polar surface area (TPSA) is 78.0 Å². The molecule has 1 fully saturated rings. The summed E-state index contributed by atoms with van der Waals surface area (Å²) in [5.41, 5.74) is 8.32. The predicted molar refractivity (Wildman–Crippen MR) is 82.5 cm³/mol. The number of fused-ring (bicyclic) bond motifs is 1. The molecule has 20 heavy (non-hydrogen) atoms. The first-order chi connectivity index (χ1) is 9.74. The van der Waals surface area contributed by atoms with Crippen molar-refractivity contribution < 1.29 is 0 Å². The number of piperidine rings is 1. The van der Waals surface area contributed by atoms with Crippen molar-refractivity contribution in [3.05, 3.63) is 30.1 Å². The van der Waals surface area contributed by atoms with Crippen LogP contribution in [0.1, 0.15) is 31.4 Å². The molecular weight excluding hydrogens is 250 g/mol. The summed E-state index contributed by atoms with van der Waals surface area (Å²) >= 11 is 0. The Hall–Kier alpha value is -1.88. The Labute approximate surface area is 119 Å². The van der Waals surface area contributed by atoms with Gasteiger partial charge >= 0.3 is 0 Å². The molecule has 0 bridgehead atoms. The zero-order valence-corrected chi connectivity index (χ0v) is 11.6. The highest BCUT2D eigenvalue weighted by molar-refractivity contribution is 6.02. The second-order valence-corrected chi connectivity index (χ2v) is 5.48. The second-order valence-electron chi connectivity index (χ2n) is 5.48. The van der Waals surface area contributed by atoms with E-state index < -0.39 is 0 Å². The maximum absolute atomic E-state index is 8.18. The molecule has 0 aliphatic carbocycles. The van der Waals surface area contributed by atoms with Crippen LogP contribution in [0.4, 0.5) is 11.5 Å². The highest BCUT2D eigenvalue weighted by atomic mass is 15.2. The second kappa shape index (κ2) is 5.63. The molecule has 0 amide bonds. The fourth-order valence-electron chi connectivity index (χ4n) is 2.77. The number of anilines is 2. The van der Waals surface area contributed by atoms with Crippen molar-refractivity contribution in [3.63, 3.8) is 0 Å². The monoisotopic (exact) mass is 271 g/mol. The largest absolute Gasteiger partial charge is 0.360 e. The Kier molecular flexibility index (Phi) is 3.69. The first kappa shape index (κ1) is 13.1. The van der Waals surface area contributed by atoms with Gasteiger partial charge in [0.15, 0.2) is 0 Å². The summed E-state index contributed by atoms with van der Waals surface area (Å²) in [4.78, 5) is 6.94. The van der Waals surface area contributed by atoms with Crippen molar-refractivity contribution in [1.82, 2.24) is 4.98 Å². The lowest BCUT2D eigenvalue weighted by Gasteiger charge is -2.32. The molecule has 0 unspecified atom stereocenters. The minimum Gasteiger partial charge on any atom is -0.360 e. The smallest absolute Gasteiger partial charge is 0.129 e. The highest BCUT2D eigenvalue weighted by Crippen LogP contribution is 2.24. The molecule has 0 saturated carbocycles. The van der Waals surface area contributed by atoms with E-state index in [1.54, 1.807) is 0 Å². The van der Waals surface area contributed by atoms with E-state index in [0.717, 1.165) is 56.0 Å². The quantitative estimate of drug-likeness (QED) is 0.731. The predicted octanol–water partition coefficient (Wildman–Crippen LogP) is 2.10. The number of hydrogen-bond donors (Lipinski definition) is 3. The number of pyridine rings is 1. The van der Waals surface area contributed by atoms with Gasteiger partial charge in [-0.15, -0.1) is 0 Å². The van der Waals surface area contributed by atoms with Crippen molar-refractivity contribution in [2.45, 2.75) is 31.7 Å². The molecule has 2 aliphatic heterocycles.